The van der Waals surface area contributed by atoms with Gasteiger partial charge in [0.25, 0.3) is 0 Å². The highest BCUT2D eigenvalue weighted by Crippen LogP contribution is 2.27. The van der Waals surface area contributed by atoms with Crippen molar-refractivity contribution < 1.29 is 9.47 Å². The van der Waals surface area contributed by atoms with Crippen molar-refractivity contribution in [2.75, 3.05) is 33.4 Å². The molecule has 0 bridgehead atoms. The Morgan fingerprint density at radius 1 is 1.33 bits per heavy atom. The first-order valence-corrected chi connectivity index (χ1v) is 7.78. The van der Waals surface area contributed by atoms with Crippen LogP contribution in [0.5, 0.6) is 5.75 Å². The normalized spacial score (nSPS) is 20.0. The molecule has 114 valence electrons. The van der Waals surface area contributed by atoms with Gasteiger partial charge in [-0.25, -0.2) is 0 Å². The van der Waals surface area contributed by atoms with Gasteiger partial charge in [0.15, 0.2) is 0 Å². The first-order chi connectivity index (χ1) is 10.3. The number of ether oxygens (including phenoxy) is 2. The van der Waals surface area contributed by atoms with Gasteiger partial charge in [0.05, 0.1) is 31.4 Å². The van der Waals surface area contributed by atoms with Crippen LogP contribution in [0.3, 0.4) is 0 Å². The molecule has 1 unspecified atom stereocenters. The van der Waals surface area contributed by atoms with Gasteiger partial charge >= 0.3 is 0 Å². The summed E-state index contributed by atoms with van der Waals surface area (Å²) in [5.41, 5.74) is 1.22. The third kappa shape index (κ3) is 3.22. The number of fused-ring (bicyclic) bond motifs is 1. The second-order valence-corrected chi connectivity index (χ2v) is 5.76. The molecule has 3 rings (SSSR count). The van der Waals surface area contributed by atoms with E-state index in [-0.39, 0.29) is 6.10 Å². The lowest BCUT2D eigenvalue weighted by Crippen LogP contribution is -2.41. The number of rotatable bonds is 5. The Balaban J connectivity index is 1.80. The van der Waals surface area contributed by atoms with Gasteiger partial charge in [-0.1, -0.05) is 13.0 Å². The summed E-state index contributed by atoms with van der Waals surface area (Å²) in [6.07, 6.45) is 3.43. The molecule has 1 aromatic carbocycles. The van der Waals surface area contributed by atoms with Crippen LogP contribution < -0.4 is 4.74 Å². The molecular formula is C17H24N2O2. The molecule has 0 radical (unpaired) electrons. The van der Waals surface area contributed by atoms with Gasteiger partial charge in [-0.2, -0.15) is 0 Å². The molecule has 0 spiro atoms. The Hall–Kier alpha value is -1.52. The van der Waals surface area contributed by atoms with E-state index < -0.39 is 0 Å². The van der Waals surface area contributed by atoms with E-state index in [9.17, 15) is 0 Å². The molecule has 1 atom stereocenters. The zero-order chi connectivity index (χ0) is 14.7. The minimum atomic E-state index is 0.263. The Bertz CT molecular complexity index is 593. The van der Waals surface area contributed by atoms with Crippen molar-refractivity contribution in [1.29, 1.82) is 0 Å². The summed E-state index contributed by atoms with van der Waals surface area (Å²) >= 11 is 0. The van der Waals surface area contributed by atoms with E-state index in [1.807, 2.05) is 6.07 Å². The van der Waals surface area contributed by atoms with Crippen LogP contribution in [0.1, 0.15) is 13.3 Å². The minimum absolute atomic E-state index is 0.263. The summed E-state index contributed by atoms with van der Waals surface area (Å²) in [7, 11) is 2.15. The summed E-state index contributed by atoms with van der Waals surface area (Å²) in [5.74, 6) is 0.981. The second-order valence-electron chi connectivity index (χ2n) is 5.76. The van der Waals surface area contributed by atoms with E-state index >= 15 is 0 Å². The summed E-state index contributed by atoms with van der Waals surface area (Å²) < 4.78 is 14.0. The summed E-state index contributed by atoms with van der Waals surface area (Å²) in [5, 5.41) is 1.19. The van der Waals surface area contributed by atoms with Crippen LogP contribution >= 0.6 is 0 Å². The topological polar surface area (TPSA) is 26.6 Å². The molecule has 1 aliphatic heterocycles. The Kier molecular flexibility index (Phi) is 4.46. The van der Waals surface area contributed by atoms with Crippen LogP contribution in [0.4, 0.5) is 0 Å². The summed E-state index contributed by atoms with van der Waals surface area (Å²) in [4.78, 5) is 2.33. The van der Waals surface area contributed by atoms with Crippen LogP contribution in [-0.2, 0) is 11.3 Å². The molecule has 1 fully saturated rings. The first-order valence-electron chi connectivity index (χ1n) is 7.78. The number of morpholine rings is 1. The highest BCUT2D eigenvalue weighted by molar-refractivity contribution is 5.86. The van der Waals surface area contributed by atoms with Crippen molar-refractivity contribution >= 4 is 10.9 Å². The zero-order valence-corrected chi connectivity index (χ0v) is 12.9. The molecule has 4 nitrogen and oxygen atoms in total. The van der Waals surface area contributed by atoms with Gasteiger partial charge in [-0.3, -0.25) is 0 Å². The highest BCUT2D eigenvalue weighted by Gasteiger charge is 2.19. The molecule has 0 amide bonds. The SMILES string of the molecule is CCCOc1cccc2c1ccn2CC1CN(C)CCO1. The fourth-order valence-corrected chi connectivity index (χ4v) is 2.89. The fraction of sp³-hybridized carbons (Fsp3) is 0.529. The molecule has 2 heterocycles. The van der Waals surface area contributed by atoms with Gasteiger partial charge < -0.3 is 18.9 Å². The van der Waals surface area contributed by atoms with Crippen molar-refractivity contribution in [1.82, 2.24) is 9.47 Å². The second kappa shape index (κ2) is 6.50. The van der Waals surface area contributed by atoms with E-state index in [2.05, 4.69) is 47.8 Å². The van der Waals surface area contributed by atoms with E-state index in [0.29, 0.717) is 0 Å². The van der Waals surface area contributed by atoms with Crippen LogP contribution in [0.2, 0.25) is 0 Å². The Labute approximate surface area is 126 Å². The van der Waals surface area contributed by atoms with Gasteiger partial charge in [-0.05, 0) is 31.7 Å². The molecule has 0 saturated carbocycles. The molecular weight excluding hydrogens is 264 g/mol. The van der Waals surface area contributed by atoms with E-state index in [0.717, 1.165) is 45.0 Å². The number of hydrogen-bond acceptors (Lipinski definition) is 3. The van der Waals surface area contributed by atoms with Crippen LogP contribution in [0.15, 0.2) is 30.5 Å². The fourth-order valence-electron chi connectivity index (χ4n) is 2.89. The molecule has 1 aliphatic rings. The third-order valence-electron chi connectivity index (χ3n) is 3.98. The minimum Gasteiger partial charge on any atom is -0.493 e. The number of hydrogen-bond donors (Lipinski definition) is 0. The van der Waals surface area contributed by atoms with Crippen molar-refractivity contribution in [2.45, 2.75) is 26.0 Å². The lowest BCUT2D eigenvalue weighted by Gasteiger charge is -2.30. The largest absolute Gasteiger partial charge is 0.493 e. The summed E-state index contributed by atoms with van der Waals surface area (Å²) in [6, 6.07) is 8.42. The van der Waals surface area contributed by atoms with Crippen molar-refractivity contribution in [3.63, 3.8) is 0 Å². The molecule has 1 aromatic heterocycles. The van der Waals surface area contributed by atoms with E-state index in [4.69, 9.17) is 9.47 Å². The van der Waals surface area contributed by atoms with Crippen molar-refractivity contribution in [2.24, 2.45) is 0 Å². The van der Waals surface area contributed by atoms with Gasteiger partial charge in [0.1, 0.15) is 5.75 Å². The van der Waals surface area contributed by atoms with Crippen molar-refractivity contribution in [3.05, 3.63) is 30.5 Å². The van der Waals surface area contributed by atoms with Crippen LogP contribution in [0, 0.1) is 0 Å². The molecule has 0 aliphatic carbocycles. The lowest BCUT2D eigenvalue weighted by molar-refractivity contribution is -0.0269. The maximum Gasteiger partial charge on any atom is 0.128 e. The van der Waals surface area contributed by atoms with Crippen molar-refractivity contribution in [3.8, 4) is 5.75 Å². The lowest BCUT2D eigenvalue weighted by atomic mass is 10.2. The number of aromatic nitrogens is 1. The summed E-state index contributed by atoms with van der Waals surface area (Å²) in [6.45, 7) is 6.63. The maximum atomic E-state index is 5.87. The number of likely N-dealkylation sites (N-methyl/N-ethyl adjacent to an activating group) is 1. The number of nitrogens with zero attached hydrogens (tertiary/aromatic N) is 2. The zero-order valence-electron chi connectivity index (χ0n) is 12.9. The van der Waals surface area contributed by atoms with E-state index in [1.165, 1.54) is 10.9 Å². The predicted molar refractivity (Wildman–Crippen MR) is 85.0 cm³/mol. The predicted octanol–water partition coefficient (Wildman–Crippen LogP) is 2.76. The van der Waals surface area contributed by atoms with Gasteiger partial charge in [-0.15, -0.1) is 0 Å². The average Bonchev–Trinajstić information content (AvgIpc) is 2.89. The maximum absolute atomic E-state index is 5.87. The van der Waals surface area contributed by atoms with Gasteiger partial charge in [0, 0.05) is 24.7 Å². The molecule has 4 heteroatoms. The van der Waals surface area contributed by atoms with E-state index in [1.54, 1.807) is 0 Å². The molecule has 2 aromatic rings. The highest BCUT2D eigenvalue weighted by atomic mass is 16.5. The Morgan fingerprint density at radius 2 is 2.24 bits per heavy atom. The number of benzene rings is 1. The molecule has 21 heavy (non-hydrogen) atoms. The quantitative estimate of drug-likeness (QED) is 0.846. The van der Waals surface area contributed by atoms with Gasteiger partial charge in [0.2, 0.25) is 0 Å². The molecule has 1 saturated heterocycles. The van der Waals surface area contributed by atoms with Crippen LogP contribution in [0.25, 0.3) is 10.9 Å². The monoisotopic (exact) mass is 288 g/mol. The molecule has 0 N–H and O–H groups in total. The third-order valence-corrected chi connectivity index (χ3v) is 3.98. The first kappa shape index (κ1) is 14.4. The standard InChI is InChI=1S/C17H24N2O2/c1-3-10-21-17-6-4-5-16-15(17)7-8-19(16)13-14-12-18(2)9-11-20-14/h4-8,14H,3,9-13H2,1-2H3. The van der Waals surface area contributed by atoms with Crippen LogP contribution in [-0.4, -0.2) is 48.9 Å². The smallest absolute Gasteiger partial charge is 0.128 e. The Morgan fingerprint density at radius 3 is 3.05 bits per heavy atom. The average molecular weight is 288 g/mol.